The summed E-state index contributed by atoms with van der Waals surface area (Å²) in [4.78, 5) is 16.9. The molecule has 3 rings (SSSR count). The molecule has 1 atom stereocenters. The number of hydrogen-bond acceptors (Lipinski definition) is 4. The SMILES string of the molecule is CCC1CSC(Nc2ccc(C(=O)C=Cc3ccc(Cl)cc3Cl)cc2)=N1. The highest BCUT2D eigenvalue weighted by molar-refractivity contribution is 8.14. The van der Waals surface area contributed by atoms with E-state index in [0.29, 0.717) is 21.7 Å². The van der Waals surface area contributed by atoms with Crippen molar-refractivity contribution in [2.75, 3.05) is 11.1 Å². The highest BCUT2D eigenvalue weighted by atomic mass is 35.5. The van der Waals surface area contributed by atoms with Gasteiger partial charge >= 0.3 is 0 Å². The number of carbonyl (C=O) groups excluding carboxylic acids is 1. The summed E-state index contributed by atoms with van der Waals surface area (Å²) in [6.45, 7) is 2.14. The first-order valence-electron chi connectivity index (χ1n) is 8.30. The fourth-order valence-corrected chi connectivity index (χ4v) is 3.98. The van der Waals surface area contributed by atoms with Gasteiger partial charge in [-0.15, -0.1) is 0 Å². The molecule has 2 aromatic carbocycles. The number of rotatable bonds is 5. The number of allylic oxidation sites excluding steroid dienone is 1. The van der Waals surface area contributed by atoms with Crippen molar-refractivity contribution in [3.05, 3.63) is 69.7 Å². The van der Waals surface area contributed by atoms with Crippen molar-refractivity contribution >= 4 is 57.7 Å². The van der Waals surface area contributed by atoms with E-state index in [2.05, 4.69) is 17.2 Å². The number of nitrogens with one attached hydrogen (secondary N) is 1. The Morgan fingerprint density at radius 3 is 2.69 bits per heavy atom. The summed E-state index contributed by atoms with van der Waals surface area (Å²) in [6.07, 6.45) is 4.26. The molecule has 0 fully saturated rings. The van der Waals surface area contributed by atoms with Gasteiger partial charge in [0.2, 0.25) is 0 Å². The van der Waals surface area contributed by atoms with Crippen LogP contribution in [0.4, 0.5) is 5.69 Å². The molecule has 1 N–H and O–H groups in total. The first kappa shape index (κ1) is 19.0. The minimum Gasteiger partial charge on any atom is -0.335 e. The van der Waals surface area contributed by atoms with Gasteiger partial charge in [-0.2, -0.15) is 0 Å². The molecule has 0 bridgehead atoms. The van der Waals surface area contributed by atoms with Crippen molar-refractivity contribution in [3.63, 3.8) is 0 Å². The molecule has 6 heteroatoms. The Labute approximate surface area is 167 Å². The fraction of sp³-hybridized carbons (Fsp3) is 0.200. The highest BCUT2D eigenvalue weighted by Crippen LogP contribution is 2.23. The van der Waals surface area contributed by atoms with Crippen molar-refractivity contribution in [1.29, 1.82) is 0 Å². The second-order valence-corrected chi connectivity index (χ2v) is 7.73. The lowest BCUT2D eigenvalue weighted by Gasteiger charge is -2.05. The van der Waals surface area contributed by atoms with Crippen LogP contribution in [0, 0.1) is 0 Å². The number of anilines is 1. The Balaban J connectivity index is 1.64. The van der Waals surface area contributed by atoms with Gasteiger partial charge in [0, 0.05) is 27.0 Å². The Kier molecular flexibility index (Phi) is 6.41. The molecule has 26 heavy (non-hydrogen) atoms. The Bertz CT molecular complexity index is 863. The Morgan fingerprint density at radius 2 is 2.04 bits per heavy atom. The number of amidine groups is 1. The zero-order valence-corrected chi connectivity index (χ0v) is 16.5. The number of hydrogen-bond donors (Lipinski definition) is 1. The van der Waals surface area contributed by atoms with Crippen molar-refractivity contribution in [1.82, 2.24) is 0 Å². The lowest BCUT2D eigenvalue weighted by atomic mass is 10.1. The number of aliphatic imine (C=N–C) groups is 1. The first-order valence-corrected chi connectivity index (χ1v) is 10.0. The van der Waals surface area contributed by atoms with Gasteiger partial charge in [0.1, 0.15) is 0 Å². The molecule has 1 heterocycles. The quantitative estimate of drug-likeness (QED) is 0.477. The number of nitrogens with zero attached hydrogens (tertiary/aromatic N) is 1. The molecule has 1 aliphatic heterocycles. The molecule has 0 amide bonds. The van der Waals surface area contributed by atoms with Crippen LogP contribution in [0.1, 0.15) is 29.3 Å². The molecular formula is C20H18Cl2N2OS. The van der Waals surface area contributed by atoms with Crippen LogP contribution in [-0.4, -0.2) is 22.7 Å². The monoisotopic (exact) mass is 404 g/mol. The average molecular weight is 405 g/mol. The molecule has 134 valence electrons. The molecule has 0 radical (unpaired) electrons. The highest BCUT2D eigenvalue weighted by Gasteiger charge is 2.16. The predicted octanol–water partition coefficient (Wildman–Crippen LogP) is 6.18. The van der Waals surface area contributed by atoms with Crippen LogP contribution in [0.5, 0.6) is 0 Å². The smallest absolute Gasteiger partial charge is 0.185 e. The summed E-state index contributed by atoms with van der Waals surface area (Å²) < 4.78 is 0. The molecule has 2 aromatic rings. The number of benzene rings is 2. The number of thioether (sulfide) groups is 1. The van der Waals surface area contributed by atoms with Crippen LogP contribution in [0.25, 0.3) is 6.08 Å². The zero-order valence-electron chi connectivity index (χ0n) is 14.2. The number of carbonyl (C=O) groups is 1. The standard InChI is InChI=1S/C20H18Cl2N2OS/c1-2-16-12-26-20(23-16)24-17-8-4-14(5-9-17)19(25)10-6-13-3-7-15(21)11-18(13)22/h3-11,16H,2,12H2,1H3,(H,23,24). The summed E-state index contributed by atoms with van der Waals surface area (Å²) in [6, 6.07) is 13.0. The van der Waals surface area contributed by atoms with E-state index in [-0.39, 0.29) is 5.78 Å². The van der Waals surface area contributed by atoms with E-state index < -0.39 is 0 Å². The minimum atomic E-state index is -0.0822. The van der Waals surface area contributed by atoms with Crippen LogP contribution in [0.15, 0.2) is 53.5 Å². The third-order valence-corrected chi connectivity index (χ3v) is 5.58. The van der Waals surface area contributed by atoms with Gasteiger partial charge < -0.3 is 5.32 Å². The van der Waals surface area contributed by atoms with Gasteiger partial charge in [0.05, 0.1) is 6.04 Å². The molecule has 0 aromatic heterocycles. The Hall–Kier alpha value is -1.75. The fourth-order valence-electron chi connectivity index (χ4n) is 2.43. The summed E-state index contributed by atoms with van der Waals surface area (Å²) >= 11 is 13.7. The summed E-state index contributed by atoms with van der Waals surface area (Å²) in [5, 5.41) is 5.32. The van der Waals surface area contributed by atoms with Crippen LogP contribution >= 0.6 is 35.0 Å². The van der Waals surface area contributed by atoms with Crippen molar-refractivity contribution in [2.24, 2.45) is 4.99 Å². The van der Waals surface area contributed by atoms with E-state index >= 15 is 0 Å². The number of ketones is 1. The normalized spacial score (nSPS) is 16.7. The average Bonchev–Trinajstić information content (AvgIpc) is 3.09. The van der Waals surface area contributed by atoms with Crippen LogP contribution in [0.3, 0.4) is 0 Å². The van der Waals surface area contributed by atoms with E-state index in [1.807, 2.05) is 12.1 Å². The third-order valence-electron chi connectivity index (χ3n) is 3.98. The van der Waals surface area contributed by atoms with Crippen molar-refractivity contribution in [2.45, 2.75) is 19.4 Å². The summed E-state index contributed by atoms with van der Waals surface area (Å²) in [5.41, 5.74) is 2.29. The summed E-state index contributed by atoms with van der Waals surface area (Å²) in [7, 11) is 0. The van der Waals surface area contributed by atoms with Gasteiger partial charge in [0.25, 0.3) is 0 Å². The van der Waals surface area contributed by atoms with E-state index in [0.717, 1.165) is 28.6 Å². The van der Waals surface area contributed by atoms with Gasteiger partial charge in [-0.1, -0.05) is 48.0 Å². The van der Waals surface area contributed by atoms with E-state index in [9.17, 15) is 4.79 Å². The summed E-state index contributed by atoms with van der Waals surface area (Å²) in [5.74, 6) is 0.939. The molecule has 3 nitrogen and oxygen atoms in total. The van der Waals surface area contributed by atoms with Crippen molar-refractivity contribution in [3.8, 4) is 0 Å². The van der Waals surface area contributed by atoms with E-state index in [1.54, 1.807) is 48.2 Å². The van der Waals surface area contributed by atoms with Crippen LogP contribution in [0.2, 0.25) is 10.0 Å². The molecule has 1 aliphatic rings. The van der Waals surface area contributed by atoms with Crippen LogP contribution < -0.4 is 5.32 Å². The van der Waals surface area contributed by atoms with Crippen LogP contribution in [-0.2, 0) is 0 Å². The van der Waals surface area contributed by atoms with Gasteiger partial charge in [0.15, 0.2) is 11.0 Å². The van der Waals surface area contributed by atoms with E-state index in [4.69, 9.17) is 23.2 Å². The van der Waals surface area contributed by atoms with Crippen molar-refractivity contribution < 1.29 is 4.79 Å². The number of halogens is 2. The maximum absolute atomic E-state index is 12.3. The molecule has 0 spiro atoms. The molecule has 1 unspecified atom stereocenters. The second kappa shape index (κ2) is 8.76. The molecule has 0 aliphatic carbocycles. The van der Waals surface area contributed by atoms with E-state index in [1.165, 1.54) is 6.08 Å². The predicted molar refractivity (Wildman–Crippen MR) is 114 cm³/mol. The molecule has 0 saturated carbocycles. The van der Waals surface area contributed by atoms with Gasteiger partial charge in [-0.25, -0.2) is 0 Å². The lowest BCUT2D eigenvalue weighted by molar-refractivity contribution is 0.104. The maximum Gasteiger partial charge on any atom is 0.185 e. The first-order chi connectivity index (χ1) is 12.5. The largest absolute Gasteiger partial charge is 0.335 e. The Morgan fingerprint density at radius 1 is 1.27 bits per heavy atom. The second-order valence-electron chi connectivity index (χ2n) is 5.87. The van der Waals surface area contributed by atoms with Gasteiger partial charge in [-0.05, 0) is 60.5 Å². The van der Waals surface area contributed by atoms with Gasteiger partial charge in [-0.3, -0.25) is 9.79 Å². The zero-order chi connectivity index (χ0) is 18.5. The third kappa shape index (κ3) is 4.91. The molecular weight excluding hydrogens is 387 g/mol. The molecule has 0 saturated heterocycles. The topological polar surface area (TPSA) is 41.5 Å². The lowest BCUT2D eigenvalue weighted by Crippen LogP contribution is -2.05. The maximum atomic E-state index is 12.3. The minimum absolute atomic E-state index is 0.0822.